The number of aromatic amines is 1. The number of aromatic nitrogens is 5. The van der Waals surface area contributed by atoms with Crippen molar-refractivity contribution in [3.8, 4) is 5.69 Å². The highest BCUT2D eigenvalue weighted by molar-refractivity contribution is 7.89. The molecule has 1 N–H and O–H groups in total. The summed E-state index contributed by atoms with van der Waals surface area (Å²) < 4.78 is 30.8. The van der Waals surface area contributed by atoms with Crippen molar-refractivity contribution in [1.82, 2.24) is 28.6 Å². The van der Waals surface area contributed by atoms with Gasteiger partial charge in [0.1, 0.15) is 5.82 Å². The lowest BCUT2D eigenvalue weighted by Crippen LogP contribution is -2.39. The Balaban J connectivity index is 1.46. The summed E-state index contributed by atoms with van der Waals surface area (Å²) >= 11 is 0. The smallest absolute Gasteiger partial charge is 0.334 e. The van der Waals surface area contributed by atoms with Crippen molar-refractivity contribution in [3.63, 3.8) is 0 Å². The number of benzene rings is 1. The Kier molecular flexibility index (Phi) is 5.85. The van der Waals surface area contributed by atoms with Crippen LogP contribution in [0.5, 0.6) is 0 Å². The van der Waals surface area contributed by atoms with Crippen LogP contribution in [-0.4, -0.2) is 50.1 Å². The van der Waals surface area contributed by atoms with E-state index in [4.69, 9.17) is 0 Å². The molecule has 31 heavy (non-hydrogen) atoms. The number of piperidine rings is 1. The van der Waals surface area contributed by atoms with Crippen molar-refractivity contribution < 1.29 is 8.42 Å². The van der Waals surface area contributed by atoms with E-state index in [0.717, 1.165) is 11.3 Å². The van der Waals surface area contributed by atoms with E-state index in [1.54, 1.807) is 21.7 Å². The van der Waals surface area contributed by atoms with E-state index in [-0.39, 0.29) is 22.7 Å². The van der Waals surface area contributed by atoms with Gasteiger partial charge in [-0.1, -0.05) is 18.2 Å². The molecule has 0 atom stereocenters. The summed E-state index contributed by atoms with van der Waals surface area (Å²) in [5, 5.41) is 6.90. The molecule has 10 heteroatoms. The van der Waals surface area contributed by atoms with Crippen LogP contribution in [0.15, 0.2) is 46.6 Å². The third kappa shape index (κ3) is 4.22. The SMILES string of the molecule is Cc1ccccc1-n1c(CC2CCN(S(=O)(=O)c3cn(C(C)C)cn3)CC2)n[nH]c1=O. The number of hydrogen-bond donors (Lipinski definition) is 1. The molecular weight excluding hydrogens is 416 g/mol. The van der Waals surface area contributed by atoms with E-state index in [9.17, 15) is 13.2 Å². The molecule has 1 aromatic carbocycles. The summed E-state index contributed by atoms with van der Waals surface area (Å²) in [5.41, 5.74) is 1.55. The van der Waals surface area contributed by atoms with Crippen LogP contribution in [0.25, 0.3) is 5.69 Å². The Bertz CT molecular complexity index is 1220. The first-order chi connectivity index (χ1) is 14.8. The van der Waals surface area contributed by atoms with Gasteiger partial charge in [0.15, 0.2) is 5.03 Å². The average Bonchev–Trinajstić information content (AvgIpc) is 3.37. The number of nitrogens with zero attached hydrogens (tertiary/aromatic N) is 5. The van der Waals surface area contributed by atoms with Crippen molar-refractivity contribution in [3.05, 3.63) is 58.7 Å². The third-order valence-electron chi connectivity index (χ3n) is 5.92. The molecule has 9 nitrogen and oxygen atoms in total. The molecule has 0 saturated carbocycles. The Morgan fingerprint density at radius 2 is 1.90 bits per heavy atom. The molecule has 2 aromatic heterocycles. The van der Waals surface area contributed by atoms with Gasteiger partial charge in [-0.05, 0) is 51.2 Å². The number of sulfonamides is 1. The maximum Gasteiger partial charge on any atom is 0.347 e. The van der Waals surface area contributed by atoms with E-state index in [1.807, 2.05) is 45.0 Å². The minimum atomic E-state index is -3.60. The second kappa shape index (κ2) is 8.43. The van der Waals surface area contributed by atoms with Gasteiger partial charge in [0.2, 0.25) is 0 Å². The molecule has 4 rings (SSSR count). The van der Waals surface area contributed by atoms with Crippen molar-refractivity contribution in [2.24, 2.45) is 5.92 Å². The van der Waals surface area contributed by atoms with E-state index >= 15 is 0 Å². The molecule has 3 heterocycles. The molecule has 3 aromatic rings. The maximum atomic E-state index is 13.0. The number of aryl methyl sites for hydroxylation is 1. The second-order valence-electron chi connectivity index (χ2n) is 8.37. The third-order valence-corrected chi connectivity index (χ3v) is 7.71. The summed E-state index contributed by atoms with van der Waals surface area (Å²) in [6, 6.07) is 7.85. The molecule has 166 valence electrons. The first-order valence-electron chi connectivity index (χ1n) is 10.5. The molecule has 1 saturated heterocycles. The highest BCUT2D eigenvalue weighted by atomic mass is 32.2. The topological polar surface area (TPSA) is 106 Å². The number of imidazole rings is 1. The zero-order valence-corrected chi connectivity index (χ0v) is 18.8. The lowest BCUT2D eigenvalue weighted by molar-refractivity contribution is 0.269. The fourth-order valence-corrected chi connectivity index (χ4v) is 5.40. The van der Waals surface area contributed by atoms with Crippen LogP contribution in [0, 0.1) is 12.8 Å². The Hall–Kier alpha value is -2.72. The summed E-state index contributed by atoms with van der Waals surface area (Å²) in [5.74, 6) is 0.925. The van der Waals surface area contributed by atoms with E-state index in [2.05, 4.69) is 15.2 Å². The number of nitrogens with one attached hydrogen (secondary N) is 1. The highest BCUT2D eigenvalue weighted by Gasteiger charge is 2.32. The second-order valence-corrected chi connectivity index (χ2v) is 10.3. The van der Waals surface area contributed by atoms with Gasteiger partial charge in [0, 0.05) is 31.7 Å². The van der Waals surface area contributed by atoms with E-state index in [0.29, 0.717) is 38.2 Å². The van der Waals surface area contributed by atoms with Crippen LogP contribution in [0.3, 0.4) is 0 Å². The van der Waals surface area contributed by atoms with Gasteiger partial charge in [-0.3, -0.25) is 0 Å². The van der Waals surface area contributed by atoms with Crippen molar-refractivity contribution in [2.75, 3.05) is 13.1 Å². The zero-order valence-electron chi connectivity index (χ0n) is 18.0. The van der Waals surface area contributed by atoms with Crippen molar-refractivity contribution in [2.45, 2.75) is 51.1 Å². The van der Waals surface area contributed by atoms with Gasteiger partial charge >= 0.3 is 5.69 Å². The van der Waals surface area contributed by atoms with Crippen LogP contribution < -0.4 is 5.69 Å². The van der Waals surface area contributed by atoms with E-state index in [1.165, 1.54) is 4.31 Å². The van der Waals surface area contributed by atoms with Crippen LogP contribution in [0.2, 0.25) is 0 Å². The predicted octanol–water partition coefficient (Wildman–Crippen LogP) is 2.29. The fraction of sp³-hybridized carbons (Fsp3) is 0.476. The highest BCUT2D eigenvalue weighted by Crippen LogP contribution is 2.26. The minimum absolute atomic E-state index is 0.0975. The molecule has 1 aliphatic rings. The van der Waals surface area contributed by atoms with Gasteiger partial charge in [-0.2, -0.15) is 9.40 Å². The van der Waals surface area contributed by atoms with Crippen LogP contribution in [-0.2, 0) is 16.4 Å². The first kappa shape index (κ1) is 21.5. The molecule has 0 aliphatic carbocycles. The molecular formula is C21H28N6O3S. The predicted molar refractivity (Wildman–Crippen MR) is 117 cm³/mol. The molecule has 0 radical (unpaired) electrons. The molecule has 0 amide bonds. The lowest BCUT2D eigenvalue weighted by atomic mass is 9.94. The van der Waals surface area contributed by atoms with Crippen LogP contribution in [0.4, 0.5) is 0 Å². The largest absolute Gasteiger partial charge is 0.347 e. The van der Waals surface area contributed by atoms with Crippen molar-refractivity contribution in [1.29, 1.82) is 0 Å². The normalized spacial score (nSPS) is 16.3. The molecule has 1 fully saturated rings. The number of rotatable bonds is 6. The fourth-order valence-electron chi connectivity index (χ4n) is 4.01. The number of para-hydroxylation sites is 1. The Morgan fingerprint density at radius 3 is 2.55 bits per heavy atom. The van der Waals surface area contributed by atoms with Gasteiger partial charge in [-0.25, -0.2) is 27.9 Å². The minimum Gasteiger partial charge on any atom is -0.334 e. The summed E-state index contributed by atoms with van der Waals surface area (Å²) in [6.07, 6.45) is 5.18. The summed E-state index contributed by atoms with van der Waals surface area (Å²) in [6.45, 7) is 6.79. The summed E-state index contributed by atoms with van der Waals surface area (Å²) in [4.78, 5) is 16.5. The lowest BCUT2D eigenvalue weighted by Gasteiger charge is -2.30. The van der Waals surface area contributed by atoms with E-state index < -0.39 is 10.0 Å². The van der Waals surface area contributed by atoms with Gasteiger partial charge < -0.3 is 4.57 Å². The Morgan fingerprint density at radius 1 is 1.19 bits per heavy atom. The Labute approximate surface area is 181 Å². The van der Waals surface area contributed by atoms with Gasteiger partial charge in [0.25, 0.3) is 10.0 Å². The van der Waals surface area contributed by atoms with Crippen LogP contribution >= 0.6 is 0 Å². The van der Waals surface area contributed by atoms with Gasteiger partial charge in [-0.15, -0.1) is 0 Å². The van der Waals surface area contributed by atoms with Crippen molar-refractivity contribution >= 4 is 10.0 Å². The molecule has 0 spiro atoms. The number of hydrogen-bond acceptors (Lipinski definition) is 5. The maximum absolute atomic E-state index is 13.0. The quantitative estimate of drug-likeness (QED) is 0.628. The van der Waals surface area contributed by atoms with Gasteiger partial charge in [0.05, 0.1) is 12.0 Å². The molecule has 1 aliphatic heterocycles. The average molecular weight is 445 g/mol. The molecule has 0 bridgehead atoms. The van der Waals surface area contributed by atoms with Crippen LogP contribution in [0.1, 0.15) is 44.1 Å². The monoisotopic (exact) mass is 444 g/mol. The standard InChI is InChI=1S/C21H28N6O3S/c1-15(2)25-13-20(22-14-25)31(29,30)26-10-8-17(9-11-26)12-19-23-24-21(28)27(19)18-7-5-4-6-16(18)3/h4-7,13-15,17H,8-12H2,1-3H3,(H,24,28). The zero-order chi connectivity index (χ0) is 22.2. The number of H-pyrrole nitrogens is 1. The molecule has 0 unspecified atom stereocenters. The first-order valence-corrected chi connectivity index (χ1v) is 12.0. The summed E-state index contributed by atoms with van der Waals surface area (Å²) in [7, 11) is -3.60.